The van der Waals surface area contributed by atoms with Gasteiger partial charge in [-0.3, -0.25) is 4.79 Å². The molecule has 14 heavy (non-hydrogen) atoms. The molecule has 0 atom stereocenters. The molecule has 1 aromatic rings. The lowest BCUT2D eigenvalue weighted by atomic mass is 10.1. The molecule has 0 saturated carbocycles. The Balaban J connectivity index is 2.84. The van der Waals surface area contributed by atoms with Crippen molar-refractivity contribution in [1.82, 2.24) is 5.32 Å². The highest BCUT2D eigenvalue weighted by Crippen LogP contribution is 2.09. The molecule has 0 saturated heterocycles. The summed E-state index contributed by atoms with van der Waals surface area (Å²) < 4.78 is 13.2. The van der Waals surface area contributed by atoms with Crippen molar-refractivity contribution < 1.29 is 14.0 Å². The number of amides is 1. The van der Waals surface area contributed by atoms with Gasteiger partial charge in [0.05, 0.1) is 12.1 Å². The van der Waals surface area contributed by atoms with Crippen LogP contribution in [0.4, 0.5) is 4.39 Å². The van der Waals surface area contributed by atoms with Crippen LogP contribution in [-0.2, 0) is 4.79 Å². The summed E-state index contributed by atoms with van der Waals surface area (Å²) in [6, 6.07) is 4.31. The fraction of sp³-hybridized carbons (Fsp3) is 0.200. The molecule has 0 radical (unpaired) electrons. The van der Waals surface area contributed by atoms with Crippen LogP contribution in [0.1, 0.15) is 15.9 Å². The number of carbonyl (C=O) groups excluding carboxylic acids is 2. The maximum Gasteiger partial charge on any atom is 0.254 e. The Bertz CT molecular complexity index is 363. The molecule has 1 N–H and O–H groups in total. The smallest absolute Gasteiger partial charge is 0.254 e. The second kappa shape index (κ2) is 4.50. The van der Waals surface area contributed by atoms with Crippen molar-refractivity contribution >= 4 is 12.2 Å². The van der Waals surface area contributed by atoms with Crippen LogP contribution in [0.2, 0.25) is 0 Å². The molecule has 0 spiro atoms. The minimum absolute atomic E-state index is 0.0440. The van der Waals surface area contributed by atoms with E-state index < -0.39 is 11.7 Å². The maximum absolute atomic E-state index is 13.2. The van der Waals surface area contributed by atoms with E-state index in [2.05, 4.69) is 5.32 Å². The molecule has 4 heteroatoms. The molecule has 0 aliphatic heterocycles. The number of rotatable bonds is 3. The Morgan fingerprint density at radius 2 is 2.29 bits per heavy atom. The van der Waals surface area contributed by atoms with Crippen LogP contribution >= 0.6 is 0 Å². The van der Waals surface area contributed by atoms with E-state index in [0.29, 0.717) is 6.29 Å². The van der Waals surface area contributed by atoms with Crippen LogP contribution < -0.4 is 5.32 Å². The quantitative estimate of drug-likeness (QED) is 0.733. The van der Waals surface area contributed by atoms with Gasteiger partial charge < -0.3 is 10.1 Å². The molecule has 1 rings (SSSR count). The molecule has 1 aromatic carbocycles. The van der Waals surface area contributed by atoms with Gasteiger partial charge in [-0.15, -0.1) is 0 Å². The molecular formula is C10H10FNO2. The number of aryl methyl sites for hydroxylation is 1. The minimum Gasteiger partial charge on any atom is -0.345 e. The molecule has 0 aromatic heterocycles. The Morgan fingerprint density at radius 1 is 1.57 bits per heavy atom. The second-order valence-electron chi connectivity index (χ2n) is 2.86. The molecule has 0 fully saturated rings. The predicted octanol–water partition coefficient (Wildman–Crippen LogP) is 1.06. The topological polar surface area (TPSA) is 46.2 Å². The molecular weight excluding hydrogens is 185 g/mol. The number of carbonyl (C=O) groups is 2. The first-order chi connectivity index (χ1) is 6.65. The van der Waals surface area contributed by atoms with Crippen molar-refractivity contribution in [3.05, 3.63) is 35.1 Å². The summed E-state index contributed by atoms with van der Waals surface area (Å²) in [6.45, 7) is 1.63. The fourth-order valence-corrected chi connectivity index (χ4v) is 1.03. The van der Waals surface area contributed by atoms with E-state index in [9.17, 15) is 14.0 Å². The van der Waals surface area contributed by atoms with Crippen molar-refractivity contribution in [2.24, 2.45) is 0 Å². The lowest BCUT2D eigenvalue weighted by Gasteiger charge is -2.03. The molecule has 1 amide bonds. The number of aldehydes is 1. The van der Waals surface area contributed by atoms with Gasteiger partial charge in [-0.2, -0.15) is 0 Å². The van der Waals surface area contributed by atoms with Crippen LogP contribution in [0.5, 0.6) is 0 Å². The average Bonchev–Trinajstić information content (AvgIpc) is 2.14. The number of halogens is 1. The van der Waals surface area contributed by atoms with Crippen LogP contribution in [0.25, 0.3) is 0 Å². The van der Waals surface area contributed by atoms with Crippen LogP contribution in [0.3, 0.4) is 0 Å². The summed E-state index contributed by atoms with van der Waals surface area (Å²) in [5.41, 5.74) is 0.701. The average molecular weight is 195 g/mol. The third-order valence-electron chi connectivity index (χ3n) is 1.72. The summed E-state index contributed by atoms with van der Waals surface area (Å²) >= 11 is 0. The Kier molecular flexibility index (Phi) is 3.34. The lowest BCUT2D eigenvalue weighted by molar-refractivity contribution is -0.107. The summed E-state index contributed by atoms with van der Waals surface area (Å²) in [5.74, 6) is -1.15. The van der Waals surface area contributed by atoms with E-state index in [1.165, 1.54) is 12.1 Å². The fourth-order valence-electron chi connectivity index (χ4n) is 1.03. The van der Waals surface area contributed by atoms with Gasteiger partial charge in [0, 0.05) is 0 Å². The third-order valence-corrected chi connectivity index (χ3v) is 1.72. The monoisotopic (exact) mass is 195 g/mol. The van der Waals surface area contributed by atoms with Crippen LogP contribution in [0.15, 0.2) is 18.2 Å². The van der Waals surface area contributed by atoms with Crippen molar-refractivity contribution in [3.8, 4) is 0 Å². The highest BCUT2D eigenvalue weighted by atomic mass is 19.1. The summed E-state index contributed by atoms with van der Waals surface area (Å²) in [7, 11) is 0. The van der Waals surface area contributed by atoms with Gasteiger partial charge in [0.1, 0.15) is 12.1 Å². The van der Waals surface area contributed by atoms with Crippen molar-refractivity contribution in [1.29, 1.82) is 0 Å². The zero-order valence-electron chi connectivity index (χ0n) is 7.71. The number of hydrogen-bond donors (Lipinski definition) is 1. The zero-order chi connectivity index (χ0) is 10.6. The van der Waals surface area contributed by atoms with Gasteiger partial charge in [-0.25, -0.2) is 4.39 Å². The van der Waals surface area contributed by atoms with E-state index in [0.717, 1.165) is 5.56 Å². The molecule has 0 bridgehead atoms. The summed E-state index contributed by atoms with van der Waals surface area (Å²) in [6.07, 6.45) is 0.546. The molecule has 0 aliphatic carbocycles. The van der Waals surface area contributed by atoms with E-state index in [1.807, 2.05) is 0 Å². The van der Waals surface area contributed by atoms with Gasteiger partial charge in [0.15, 0.2) is 0 Å². The van der Waals surface area contributed by atoms with Crippen LogP contribution in [-0.4, -0.2) is 18.7 Å². The van der Waals surface area contributed by atoms with Crippen molar-refractivity contribution in [3.63, 3.8) is 0 Å². The largest absolute Gasteiger partial charge is 0.345 e. The third kappa shape index (κ3) is 2.39. The second-order valence-corrected chi connectivity index (χ2v) is 2.86. The Morgan fingerprint density at radius 3 is 2.86 bits per heavy atom. The van der Waals surface area contributed by atoms with E-state index >= 15 is 0 Å². The molecule has 0 unspecified atom stereocenters. The zero-order valence-corrected chi connectivity index (χ0v) is 7.71. The van der Waals surface area contributed by atoms with E-state index in [4.69, 9.17) is 0 Å². The normalized spacial score (nSPS) is 9.57. The number of nitrogens with one attached hydrogen (secondary N) is 1. The highest BCUT2D eigenvalue weighted by Gasteiger charge is 2.10. The van der Waals surface area contributed by atoms with Gasteiger partial charge in [-0.05, 0) is 24.6 Å². The van der Waals surface area contributed by atoms with E-state index in [-0.39, 0.29) is 12.1 Å². The van der Waals surface area contributed by atoms with Crippen molar-refractivity contribution in [2.45, 2.75) is 6.92 Å². The highest BCUT2D eigenvalue weighted by molar-refractivity contribution is 5.95. The number of hydrogen-bond acceptors (Lipinski definition) is 2. The van der Waals surface area contributed by atoms with E-state index in [1.54, 1.807) is 13.0 Å². The molecule has 0 aliphatic rings. The summed E-state index contributed by atoms with van der Waals surface area (Å²) in [5, 5.41) is 2.26. The molecule has 0 heterocycles. The van der Waals surface area contributed by atoms with Gasteiger partial charge in [0.25, 0.3) is 5.91 Å². The summed E-state index contributed by atoms with van der Waals surface area (Å²) in [4.78, 5) is 21.2. The Hall–Kier alpha value is -1.71. The first-order valence-corrected chi connectivity index (χ1v) is 4.13. The maximum atomic E-state index is 13.2. The predicted molar refractivity (Wildman–Crippen MR) is 49.5 cm³/mol. The standard InChI is InChI=1S/C10H10FNO2/c1-7-2-3-8(9(11)6-7)10(14)12-4-5-13/h2-3,5-6H,4H2,1H3,(H,12,14). The SMILES string of the molecule is Cc1ccc(C(=O)NCC=O)c(F)c1. The molecule has 3 nitrogen and oxygen atoms in total. The van der Waals surface area contributed by atoms with Gasteiger partial charge in [0.2, 0.25) is 0 Å². The first kappa shape index (κ1) is 10.4. The first-order valence-electron chi connectivity index (χ1n) is 4.13. The van der Waals surface area contributed by atoms with Gasteiger partial charge in [-0.1, -0.05) is 6.07 Å². The molecule has 74 valence electrons. The Labute approximate surface area is 80.9 Å². The number of benzene rings is 1. The van der Waals surface area contributed by atoms with Gasteiger partial charge >= 0.3 is 0 Å². The van der Waals surface area contributed by atoms with Crippen molar-refractivity contribution in [2.75, 3.05) is 6.54 Å². The van der Waals surface area contributed by atoms with Crippen LogP contribution in [0, 0.1) is 12.7 Å². The lowest BCUT2D eigenvalue weighted by Crippen LogP contribution is -2.26. The minimum atomic E-state index is -0.576.